The molecule has 3 rings (SSSR count). The molecule has 2 heteroatoms. The number of aryl methyl sites for hydroxylation is 1. The fourth-order valence-electron chi connectivity index (χ4n) is 1.17. The number of rotatable bonds is 1. The highest BCUT2D eigenvalue weighted by molar-refractivity contribution is 5.59. The smallest absolute Gasteiger partial charge is 0.173 e. The Kier molecular flexibility index (Phi) is 2.23. The molecule has 0 bridgehead atoms. The second-order valence-electron chi connectivity index (χ2n) is 4.25. The van der Waals surface area contributed by atoms with E-state index >= 15 is 0 Å². The minimum Gasteiger partial charge on any atom is -0.449 e. The molecule has 2 nitrogen and oxygen atoms in total. The Balaban J connectivity index is 0.000000128. The van der Waals surface area contributed by atoms with Crippen LogP contribution >= 0.6 is 0 Å². The molecule has 1 aromatic rings. The van der Waals surface area contributed by atoms with E-state index in [1.165, 1.54) is 5.56 Å². The SMILES string of the molecule is CC1(C)CO1.CCc1cccc2c1O2. The fourth-order valence-corrected chi connectivity index (χ4v) is 1.17. The lowest BCUT2D eigenvalue weighted by Crippen LogP contribution is -1.90. The minimum atomic E-state index is 0.250. The van der Waals surface area contributed by atoms with Crippen LogP contribution in [0, 0.1) is 0 Å². The quantitative estimate of drug-likeness (QED) is 0.648. The minimum absolute atomic E-state index is 0.250. The molecule has 0 aromatic heterocycles. The van der Waals surface area contributed by atoms with Gasteiger partial charge in [-0.3, -0.25) is 0 Å². The lowest BCUT2D eigenvalue weighted by molar-refractivity contribution is 0.344. The first-order valence-electron chi connectivity index (χ1n) is 5.06. The predicted octanol–water partition coefficient (Wildman–Crippen LogP) is 3.15. The zero-order valence-electron chi connectivity index (χ0n) is 8.96. The number of fused-ring (bicyclic) bond motifs is 1. The first kappa shape index (κ1) is 9.53. The molecule has 1 saturated heterocycles. The molecule has 0 aliphatic carbocycles. The number of benzene rings is 1. The molecule has 1 fully saturated rings. The molecule has 0 unspecified atom stereocenters. The van der Waals surface area contributed by atoms with Gasteiger partial charge in [0.1, 0.15) is 0 Å². The summed E-state index contributed by atoms with van der Waals surface area (Å²) in [5.74, 6) is 2.18. The van der Waals surface area contributed by atoms with Crippen molar-refractivity contribution >= 4 is 0 Å². The van der Waals surface area contributed by atoms with Crippen LogP contribution in [0.5, 0.6) is 11.5 Å². The molecule has 2 aliphatic heterocycles. The van der Waals surface area contributed by atoms with Gasteiger partial charge in [0.2, 0.25) is 0 Å². The van der Waals surface area contributed by atoms with Gasteiger partial charge in [0.15, 0.2) is 11.5 Å². The van der Waals surface area contributed by atoms with Crippen LogP contribution in [-0.2, 0) is 11.2 Å². The second kappa shape index (κ2) is 3.28. The van der Waals surface area contributed by atoms with Crippen molar-refractivity contribution in [1.29, 1.82) is 0 Å². The van der Waals surface area contributed by atoms with Crippen LogP contribution in [0.1, 0.15) is 26.3 Å². The topological polar surface area (TPSA) is 25.1 Å². The molecular formula is C12H16O2. The van der Waals surface area contributed by atoms with E-state index < -0.39 is 0 Å². The summed E-state index contributed by atoms with van der Waals surface area (Å²) in [5, 5.41) is 0. The molecule has 14 heavy (non-hydrogen) atoms. The van der Waals surface area contributed by atoms with E-state index in [0.29, 0.717) is 0 Å². The maximum absolute atomic E-state index is 5.16. The summed E-state index contributed by atoms with van der Waals surface area (Å²) in [6.07, 6.45) is 1.07. The second-order valence-corrected chi connectivity index (χ2v) is 4.25. The summed E-state index contributed by atoms with van der Waals surface area (Å²) >= 11 is 0. The standard InChI is InChI=1S/C8H8O.C4H8O/c1-2-6-4-3-5-7-8(6)9-7;1-4(2)3-5-4/h3-5H,2H2,1H3;3H2,1-2H3. The number of hydrogen-bond acceptors (Lipinski definition) is 2. The van der Waals surface area contributed by atoms with E-state index in [9.17, 15) is 0 Å². The Morgan fingerprint density at radius 3 is 2.43 bits per heavy atom. The van der Waals surface area contributed by atoms with Gasteiger partial charge in [0.25, 0.3) is 0 Å². The highest BCUT2D eigenvalue weighted by Crippen LogP contribution is 2.47. The molecule has 1 aromatic carbocycles. The van der Waals surface area contributed by atoms with Gasteiger partial charge < -0.3 is 9.47 Å². The fraction of sp³-hybridized carbons (Fsp3) is 0.500. The van der Waals surface area contributed by atoms with Crippen molar-refractivity contribution in [3.05, 3.63) is 23.8 Å². The van der Waals surface area contributed by atoms with Crippen molar-refractivity contribution in [1.82, 2.24) is 0 Å². The maximum atomic E-state index is 5.16. The van der Waals surface area contributed by atoms with E-state index in [-0.39, 0.29) is 5.60 Å². The Bertz CT molecular complexity index is 336. The Morgan fingerprint density at radius 1 is 1.36 bits per heavy atom. The molecule has 0 amide bonds. The summed E-state index contributed by atoms with van der Waals surface area (Å²) in [7, 11) is 0. The Morgan fingerprint density at radius 2 is 2.00 bits per heavy atom. The lowest BCUT2D eigenvalue weighted by Gasteiger charge is -1.85. The van der Waals surface area contributed by atoms with Crippen molar-refractivity contribution < 1.29 is 9.47 Å². The van der Waals surface area contributed by atoms with Crippen molar-refractivity contribution in [2.24, 2.45) is 0 Å². The Hall–Kier alpha value is -1.02. The summed E-state index contributed by atoms with van der Waals surface area (Å²) in [4.78, 5) is 0. The van der Waals surface area contributed by atoms with Gasteiger partial charge in [-0.05, 0) is 31.9 Å². The first-order valence-corrected chi connectivity index (χ1v) is 5.06. The number of para-hydroxylation sites is 1. The molecule has 0 spiro atoms. The van der Waals surface area contributed by atoms with Crippen LogP contribution < -0.4 is 4.74 Å². The Labute approximate surface area is 84.8 Å². The third-order valence-electron chi connectivity index (χ3n) is 2.33. The van der Waals surface area contributed by atoms with Crippen LogP contribution in [0.25, 0.3) is 0 Å². The van der Waals surface area contributed by atoms with Crippen molar-refractivity contribution in [3.8, 4) is 11.5 Å². The van der Waals surface area contributed by atoms with Crippen LogP contribution in [-0.4, -0.2) is 12.2 Å². The van der Waals surface area contributed by atoms with E-state index in [2.05, 4.69) is 26.8 Å². The summed E-state index contributed by atoms with van der Waals surface area (Å²) < 4.78 is 10.1. The van der Waals surface area contributed by atoms with Crippen molar-refractivity contribution in [3.63, 3.8) is 0 Å². The third kappa shape index (κ3) is 2.26. The maximum Gasteiger partial charge on any atom is 0.173 e. The average molecular weight is 192 g/mol. The number of ether oxygens (including phenoxy) is 2. The first-order chi connectivity index (χ1) is 6.62. The van der Waals surface area contributed by atoms with E-state index in [1.54, 1.807) is 0 Å². The van der Waals surface area contributed by atoms with E-state index in [1.807, 2.05) is 12.1 Å². The van der Waals surface area contributed by atoms with Crippen molar-refractivity contribution in [2.45, 2.75) is 32.8 Å². The molecule has 0 saturated carbocycles. The average Bonchev–Trinajstić information content (AvgIpc) is 3.03. The van der Waals surface area contributed by atoms with Crippen molar-refractivity contribution in [2.75, 3.05) is 6.61 Å². The largest absolute Gasteiger partial charge is 0.449 e. The van der Waals surface area contributed by atoms with Gasteiger partial charge in [0.05, 0.1) is 12.2 Å². The highest BCUT2D eigenvalue weighted by Gasteiger charge is 2.32. The van der Waals surface area contributed by atoms with Gasteiger partial charge in [-0.25, -0.2) is 0 Å². The monoisotopic (exact) mass is 192 g/mol. The molecule has 2 aliphatic rings. The molecule has 0 atom stereocenters. The normalized spacial score (nSPS) is 18.5. The summed E-state index contributed by atoms with van der Waals surface area (Å²) in [5.41, 5.74) is 1.58. The van der Waals surface area contributed by atoms with Gasteiger partial charge in [0, 0.05) is 0 Å². The molecule has 0 N–H and O–H groups in total. The lowest BCUT2D eigenvalue weighted by atomic mass is 10.2. The highest BCUT2D eigenvalue weighted by atomic mass is 16.6. The van der Waals surface area contributed by atoms with E-state index in [4.69, 9.17) is 9.47 Å². The van der Waals surface area contributed by atoms with Gasteiger partial charge in [-0.2, -0.15) is 0 Å². The van der Waals surface area contributed by atoms with Crippen LogP contribution in [0.2, 0.25) is 0 Å². The zero-order valence-corrected chi connectivity index (χ0v) is 8.96. The summed E-state index contributed by atoms with van der Waals surface area (Å²) in [6.45, 7) is 7.24. The van der Waals surface area contributed by atoms with Crippen LogP contribution in [0.3, 0.4) is 0 Å². The van der Waals surface area contributed by atoms with Gasteiger partial charge in [-0.15, -0.1) is 0 Å². The zero-order chi connectivity index (χ0) is 10.2. The number of hydrogen-bond donors (Lipinski definition) is 0. The molecular weight excluding hydrogens is 176 g/mol. The van der Waals surface area contributed by atoms with Crippen LogP contribution in [0.4, 0.5) is 0 Å². The number of epoxide rings is 1. The molecule has 76 valence electrons. The predicted molar refractivity (Wildman–Crippen MR) is 55.9 cm³/mol. The van der Waals surface area contributed by atoms with Gasteiger partial charge in [-0.1, -0.05) is 19.1 Å². The summed E-state index contributed by atoms with van der Waals surface area (Å²) in [6, 6.07) is 6.13. The molecule has 0 radical (unpaired) electrons. The molecule has 2 heterocycles. The van der Waals surface area contributed by atoms with E-state index in [0.717, 1.165) is 24.5 Å². The van der Waals surface area contributed by atoms with Gasteiger partial charge >= 0.3 is 0 Å². The third-order valence-corrected chi connectivity index (χ3v) is 2.33. The van der Waals surface area contributed by atoms with Crippen LogP contribution in [0.15, 0.2) is 18.2 Å².